The van der Waals surface area contributed by atoms with E-state index in [1.807, 2.05) is 0 Å². The first-order valence-electron chi connectivity index (χ1n) is 36.8. The summed E-state index contributed by atoms with van der Waals surface area (Å²) >= 11 is 0. The Labute approximate surface area is 633 Å². The molecule has 18 aromatic rings. The predicted octanol–water partition coefficient (Wildman–Crippen LogP) is 29.6. The minimum absolute atomic E-state index is 1.09. The summed E-state index contributed by atoms with van der Waals surface area (Å²) in [4.78, 5) is 9.31. The SMILES string of the molecule is c1ccc(-c2ccc(N(c3ccc(-c4ccccc4)cc3)c3ccc(-c4ccc(N(c5ccc(-c6ccccc6)cc5)c5ccc(-c6ccccc6)cc5)cc4)cc3)cc2)cc1.c1ccc(N(c2ccc(-c3ccc(N(c4ccccc4)c4ccc5ccccc5c4)cc3)cc2)c2ccc3ccccc3c2)cc1. The average molecular weight is 1380 g/mol. The molecule has 0 aliphatic carbocycles. The number of hydrogen-bond acceptors (Lipinski definition) is 4. The molecule has 0 radical (unpaired) electrons. The van der Waals surface area contributed by atoms with Crippen molar-refractivity contribution in [1.82, 2.24) is 0 Å². The van der Waals surface area contributed by atoms with Gasteiger partial charge in [0.25, 0.3) is 0 Å². The van der Waals surface area contributed by atoms with E-state index in [0.717, 1.165) is 79.4 Å². The largest absolute Gasteiger partial charge is 0.311 e. The van der Waals surface area contributed by atoms with E-state index in [1.54, 1.807) is 0 Å². The molecular weight excluding hydrogens is 1310 g/mol. The van der Waals surface area contributed by atoms with Gasteiger partial charge >= 0.3 is 0 Å². The van der Waals surface area contributed by atoms with Crippen molar-refractivity contribution in [2.24, 2.45) is 0 Å². The highest BCUT2D eigenvalue weighted by atomic mass is 15.2. The standard InChI is InChI=1S/C60H44N2.C44H32N2/c1-5-13-45(14-6-1)49-21-33-55(34-22-49)61(56-35-23-50(24-36-56)46-15-7-2-8-16-46)59-41-29-53(30-42-59)54-31-43-60(44-32-54)62(57-37-25-51(26-38-57)47-17-9-3-10-18-47)58-39-27-52(28-40-58)48-19-11-4-12-20-48;1-3-15-39(16-4-1)45(43-29-23-33-11-7-9-13-37(33)31-43)41-25-19-35(20-26-41)36-21-27-42(28-22-36)46(40-17-5-2-6-18-40)44-30-24-34-12-8-10-14-38(34)32-44/h1-44H;1-32H. The monoisotopic (exact) mass is 1380 g/mol. The molecule has 0 heterocycles. The maximum atomic E-state index is 2.33. The van der Waals surface area contributed by atoms with E-state index in [9.17, 15) is 0 Å². The highest BCUT2D eigenvalue weighted by Crippen LogP contribution is 2.43. The third-order valence-corrected chi connectivity index (χ3v) is 20.1. The van der Waals surface area contributed by atoms with Gasteiger partial charge in [-0.15, -0.1) is 0 Å². The summed E-state index contributed by atoms with van der Waals surface area (Å²) in [5, 5.41) is 4.94. The summed E-state index contributed by atoms with van der Waals surface area (Å²) in [6.45, 7) is 0. The van der Waals surface area contributed by atoms with Gasteiger partial charge in [-0.25, -0.2) is 0 Å². The number of hydrogen-bond donors (Lipinski definition) is 0. The van der Waals surface area contributed by atoms with E-state index in [-0.39, 0.29) is 0 Å². The Kier molecular flexibility index (Phi) is 19.4. The topological polar surface area (TPSA) is 13.0 Å². The molecule has 0 aliphatic rings. The maximum absolute atomic E-state index is 2.33. The highest BCUT2D eigenvalue weighted by molar-refractivity contribution is 5.92. The van der Waals surface area contributed by atoms with Crippen LogP contribution < -0.4 is 19.6 Å². The van der Waals surface area contributed by atoms with Crippen LogP contribution in [0.25, 0.3) is 88.3 Å². The molecule has 0 aromatic heterocycles. The van der Waals surface area contributed by atoms with Crippen molar-refractivity contribution in [2.45, 2.75) is 0 Å². The van der Waals surface area contributed by atoms with Crippen LogP contribution in [-0.4, -0.2) is 0 Å². The summed E-state index contributed by atoms with van der Waals surface area (Å²) in [6, 6.07) is 165. The Hall–Kier alpha value is -14.3. The number of nitrogens with zero attached hydrogens (tertiary/aromatic N) is 4. The fraction of sp³-hybridized carbons (Fsp3) is 0. The lowest BCUT2D eigenvalue weighted by atomic mass is 10.0. The first kappa shape index (κ1) is 66.9. The van der Waals surface area contributed by atoms with Crippen molar-refractivity contribution in [3.63, 3.8) is 0 Å². The minimum Gasteiger partial charge on any atom is -0.311 e. The number of anilines is 12. The van der Waals surface area contributed by atoms with Crippen LogP contribution in [0.5, 0.6) is 0 Å². The lowest BCUT2D eigenvalue weighted by molar-refractivity contribution is 1.28. The summed E-state index contributed by atoms with van der Waals surface area (Å²) in [5.74, 6) is 0. The molecule has 0 saturated heterocycles. The maximum Gasteiger partial charge on any atom is 0.0468 e. The molecule has 4 nitrogen and oxygen atoms in total. The predicted molar refractivity (Wildman–Crippen MR) is 459 cm³/mol. The van der Waals surface area contributed by atoms with Crippen LogP contribution in [0, 0.1) is 0 Å². The first-order chi connectivity index (χ1) is 53.5. The summed E-state index contributed by atoms with van der Waals surface area (Å²) in [5.41, 5.74) is 27.6. The van der Waals surface area contributed by atoms with Crippen LogP contribution in [0.1, 0.15) is 0 Å². The van der Waals surface area contributed by atoms with Gasteiger partial charge in [-0.2, -0.15) is 0 Å². The number of benzene rings is 18. The molecule has 0 aliphatic heterocycles. The molecule has 0 N–H and O–H groups in total. The van der Waals surface area contributed by atoms with Crippen molar-refractivity contribution >= 4 is 89.8 Å². The molecule has 0 fully saturated rings. The minimum atomic E-state index is 1.09. The molecule has 0 amide bonds. The van der Waals surface area contributed by atoms with E-state index < -0.39 is 0 Å². The molecular formula is C104H76N4. The summed E-state index contributed by atoms with van der Waals surface area (Å²) < 4.78 is 0. The van der Waals surface area contributed by atoms with E-state index in [0.29, 0.717) is 0 Å². The Bertz CT molecular complexity index is 5410. The fourth-order valence-corrected chi connectivity index (χ4v) is 14.5. The van der Waals surface area contributed by atoms with E-state index in [1.165, 1.54) is 77.2 Å². The Morgan fingerprint density at radius 2 is 0.231 bits per heavy atom. The van der Waals surface area contributed by atoms with E-state index in [2.05, 4.69) is 481 Å². The van der Waals surface area contributed by atoms with Gasteiger partial charge in [-0.1, -0.05) is 315 Å². The van der Waals surface area contributed by atoms with Crippen molar-refractivity contribution in [3.05, 3.63) is 461 Å². The van der Waals surface area contributed by atoms with Gasteiger partial charge in [0.15, 0.2) is 0 Å². The third-order valence-electron chi connectivity index (χ3n) is 20.1. The van der Waals surface area contributed by atoms with Crippen LogP contribution in [0.3, 0.4) is 0 Å². The van der Waals surface area contributed by atoms with Crippen LogP contribution in [-0.2, 0) is 0 Å². The zero-order chi connectivity index (χ0) is 72.2. The Balaban J connectivity index is 0.000000165. The first-order valence-corrected chi connectivity index (χ1v) is 36.8. The molecule has 18 aromatic carbocycles. The van der Waals surface area contributed by atoms with Gasteiger partial charge in [-0.3, -0.25) is 0 Å². The smallest absolute Gasteiger partial charge is 0.0468 e. The number of fused-ring (bicyclic) bond motifs is 2. The van der Waals surface area contributed by atoms with Gasteiger partial charge in [0.1, 0.15) is 0 Å². The van der Waals surface area contributed by atoms with Gasteiger partial charge in [0.2, 0.25) is 0 Å². The second kappa shape index (κ2) is 31.3. The quantitative estimate of drug-likeness (QED) is 0.0849. The second-order valence-electron chi connectivity index (χ2n) is 26.9. The summed E-state index contributed by atoms with van der Waals surface area (Å²) in [6.07, 6.45) is 0. The fourth-order valence-electron chi connectivity index (χ4n) is 14.5. The number of para-hydroxylation sites is 2. The van der Waals surface area contributed by atoms with Gasteiger partial charge in [0, 0.05) is 68.2 Å². The number of rotatable bonds is 18. The molecule has 0 spiro atoms. The zero-order valence-corrected chi connectivity index (χ0v) is 59.7. The van der Waals surface area contributed by atoms with Crippen molar-refractivity contribution in [1.29, 1.82) is 0 Å². The average Bonchev–Trinajstić information content (AvgIpc) is 0.801. The zero-order valence-electron chi connectivity index (χ0n) is 59.7. The molecule has 0 atom stereocenters. The van der Waals surface area contributed by atoms with Crippen LogP contribution in [0.15, 0.2) is 461 Å². The Morgan fingerprint density at radius 1 is 0.0926 bits per heavy atom. The van der Waals surface area contributed by atoms with Gasteiger partial charge in [0.05, 0.1) is 0 Å². The van der Waals surface area contributed by atoms with Crippen LogP contribution in [0.4, 0.5) is 68.2 Å². The molecule has 4 heteroatoms. The molecule has 108 heavy (non-hydrogen) atoms. The van der Waals surface area contributed by atoms with Crippen molar-refractivity contribution in [2.75, 3.05) is 19.6 Å². The van der Waals surface area contributed by atoms with Gasteiger partial charge < -0.3 is 19.6 Å². The highest BCUT2D eigenvalue weighted by Gasteiger charge is 2.20. The second-order valence-corrected chi connectivity index (χ2v) is 26.9. The lowest BCUT2D eigenvalue weighted by Gasteiger charge is -2.27. The van der Waals surface area contributed by atoms with E-state index >= 15 is 0 Å². The molecule has 0 unspecified atom stereocenters. The van der Waals surface area contributed by atoms with Crippen LogP contribution >= 0.6 is 0 Å². The third kappa shape index (κ3) is 14.8. The van der Waals surface area contributed by atoms with E-state index in [4.69, 9.17) is 0 Å². The van der Waals surface area contributed by atoms with Gasteiger partial charge in [-0.05, 0) is 234 Å². The molecule has 0 saturated carbocycles. The van der Waals surface area contributed by atoms with Crippen molar-refractivity contribution < 1.29 is 0 Å². The normalized spacial score (nSPS) is 11.0. The van der Waals surface area contributed by atoms with Crippen molar-refractivity contribution in [3.8, 4) is 66.8 Å². The molecule has 0 bridgehead atoms. The lowest BCUT2D eigenvalue weighted by Crippen LogP contribution is -2.10. The van der Waals surface area contributed by atoms with Crippen LogP contribution in [0.2, 0.25) is 0 Å². The molecule has 18 rings (SSSR count). The summed E-state index contributed by atoms with van der Waals surface area (Å²) in [7, 11) is 0. The Morgan fingerprint density at radius 3 is 0.435 bits per heavy atom. The molecule has 512 valence electrons.